The van der Waals surface area contributed by atoms with Crippen molar-refractivity contribution >= 4 is 11.8 Å². The number of amides is 2. The smallest absolute Gasteiger partial charge is 0.225 e. The maximum absolute atomic E-state index is 12.2. The number of likely N-dealkylation sites (tertiary alicyclic amines) is 1. The lowest BCUT2D eigenvalue weighted by Gasteiger charge is -2.19. The number of carbonyl (C=O) groups is 2. The maximum Gasteiger partial charge on any atom is 0.225 e. The summed E-state index contributed by atoms with van der Waals surface area (Å²) in [5, 5.41) is 2.97. The first kappa shape index (κ1) is 16.9. The van der Waals surface area contributed by atoms with Crippen LogP contribution in [0.3, 0.4) is 0 Å². The Morgan fingerprint density at radius 2 is 2.35 bits per heavy atom. The molecule has 0 spiro atoms. The molecule has 1 aliphatic rings. The van der Waals surface area contributed by atoms with E-state index in [9.17, 15) is 9.59 Å². The van der Waals surface area contributed by atoms with E-state index in [4.69, 9.17) is 10.5 Å². The van der Waals surface area contributed by atoms with Gasteiger partial charge in [-0.05, 0) is 6.42 Å². The number of rotatable bonds is 9. The lowest BCUT2D eigenvalue weighted by atomic mass is 10.1. The van der Waals surface area contributed by atoms with Crippen LogP contribution in [0.1, 0.15) is 32.6 Å². The van der Waals surface area contributed by atoms with Gasteiger partial charge in [-0.3, -0.25) is 9.59 Å². The van der Waals surface area contributed by atoms with E-state index in [-0.39, 0.29) is 23.8 Å². The van der Waals surface area contributed by atoms with Crippen LogP contribution in [0.4, 0.5) is 0 Å². The van der Waals surface area contributed by atoms with E-state index in [1.165, 1.54) is 0 Å². The molecule has 116 valence electrons. The zero-order chi connectivity index (χ0) is 15.0. The molecule has 3 N–H and O–H groups in total. The Morgan fingerprint density at radius 3 is 2.95 bits per heavy atom. The first-order valence-corrected chi connectivity index (χ1v) is 7.39. The summed E-state index contributed by atoms with van der Waals surface area (Å²) in [6.07, 6.45) is 3.32. The van der Waals surface area contributed by atoms with Gasteiger partial charge in [-0.25, -0.2) is 0 Å². The van der Waals surface area contributed by atoms with Gasteiger partial charge in [-0.1, -0.05) is 19.8 Å². The normalized spacial score (nSPS) is 20.2. The highest BCUT2D eigenvalue weighted by molar-refractivity contribution is 5.89. The summed E-state index contributed by atoms with van der Waals surface area (Å²) in [7, 11) is 1.60. The number of hydrogen-bond donors (Lipinski definition) is 2. The van der Waals surface area contributed by atoms with Crippen LogP contribution in [0.2, 0.25) is 0 Å². The highest BCUT2D eigenvalue weighted by atomic mass is 16.5. The van der Waals surface area contributed by atoms with Gasteiger partial charge in [0.25, 0.3) is 0 Å². The first-order valence-electron chi connectivity index (χ1n) is 7.39. The second-order valence-corrected chi connectivity index (χ2v) is 5.32. The van der Waals surface area contributed by atoms with Crippen molar-refractivity contribution in [1.82, 2.24) is 10.2 Å². The molecule has 0 aromatic heterocycles. The highest BCUT2D eigenvalue weighted by Gasteiger charge is 2.34. The first-order chi connectivity index (χ1) is 9.62. The molecular weight excluding hydrogens is 258 g/mol. The Hall–Kier alpha value is -1.14. The third-order valence-electron chi connectivity index (χ3n) is 3.69. The van der Waals surface area contributed by atoms with Crippen molar-refractivity contribution in [3.63, 3.8) is 0 Å². The van der Waals surface area contributed by atoms with E-state index >= 15 is 0 Å². The van der Waals surface area contributed by atoms with Crippen LogP contribution in [0.25, 0.3) is 0 Å². The minimum absolute atomic E-state index is 0.0191. The van der Waals surface area contributed by atoms with Gasteiger partial charge in [0, 0.05) is 39.2 Å². The molecule has 2 unspecified atom stereocenters. The standard InChI is InChI=1S/C14H27N3O3/c1-3-4-5-12(9-15)16-14(19)11-8-13(18)17(10-11)6-7-20-2/h11-12H,3-10,15H2,1-2H3,(H,16,19). The molecule has 1 rings (SSSR count). The quantitative estimate of drug-likeness (QED) is 0.630. The lowest BCUT2D eigenvalue weighted by Crippen LogP contribution is -2.43. The molecule has 1 saturated heterocycles. The molecule has 0 aromatic carbocycles. The molecule has 6 nitrogen and oxygen atoms in total. The molecule has 1 aliphatic heterocycles. The van der Waals surface area contributed by atoms with Crippen molar-refractivity contribution in [1.29, 1.82) is 0 Å². The zero-order valence-electron chi connectivity index (χ0n) is 12.6. The fourth-order valence-electron chi connectivity index (χ4n) is 2.38. The number of nitrogens with two attached hydrogens (primary N) is 1. The van der Waals surface area contributed by atoms with E-state index < -0.39 is 0 Å². The summed E-state index contributed by atoms with van der Waals surface area (Å²) in [5.74, 6) is -0.278. The van der Waals surface area contributed by atoms with Crippen LogP contribution in [0, 0.1) is 5.92 Å². The van der Waals surface area contributed by atoms with Gasteiger partial charge in [0.1, 0.15) is 0 Å². The summed E-state index contributed by atoms with van der Waals surface area (Å²) >= 11 is 0. The van der Waals surface area contributed by atoms with E-state index in [0.717, 1.165) is 19.3 Å². The van der Waals surface area contributed by atoms with Gasteiger partial charge < -0.3 is 20.7 Å². The molecule has 1 heterocycles. The maximum atomic E-state index is 12.2. The predicted molar refractivity (Wildman–Crippen MR) is 77.1 cm³/mol. The molecule has 1 fully saturated rings. The van der Waals surface area contributed by atoms with E-state index in [2.05, 4.69) is 12.2 Å². The molecule has 0 aliphatic carbocycles. The second kappa shape index (κ2) is 8.92. The molecule has 0 bridgehead atoms. The zero-order valence-corrected chi connectivity index (χ0v) is 12.6. The van der Waals surface area contributed by atoms with E-state index in [0.29, 0.717) is 32.7 Å². The average Bonchev–Trinajstić information content (AvgIpc) is 2.82. The highest BCUT2D eigenvalue weighted by Crippen LogP contribution is 2.18. The molecule has 6 heteroatoms. The third kappa shape index (κ3) is 5.09. The second-order valence-electron chi connectivity index (χ2n) is 5.32. The number of methoxy groups -OCH3 is 1. The summed E-state index contributed by atoms with van der Waals surface area (Å²) in [4.78, 5) is 25.6. The summed E-state index contributed by atoms with van der Waals surface area (Å²) < 4.78 is 4.96. The van der Waals surface area contributed by atoms with Gasteiger partial charge in [0.15, 0.2) is 0 Å². The summed E-state index contributed by atoms with van der Waals surface area (Å²) in [5.41, 5.74) is 5.67. The van der Waals surface area contributed by atoms with E-state index in [1.54, 1.807) is 12.0 Å². The van der Waals surface area contributed by atoms with Crippen LogP contribution in [0.15, 0.2) is 0 Å². The number of nitrogens with one attached hydrogen (secondary N) is 1. The number of ether oxygens (including phenoxy) is 1. The topological polar surface area (TPSA) is 84.7 Å². The van der Waals surface area contributed by atoms with Crippen molar-refractivity contribution < 1.29 is 14.3 Å². The van der Waals surface area contributed by atoms with Crippen LogP contribution in [-0.4, -0.2) is 56.1 Å². The number of nitrogens with zero attached hydrogens (tertiary/aromatic N) is 1. The Balaban J connectivity index is 2.42. The minimum atomic E-state index is -0.255. The van der Waals surface area contributed by atoms with Gasteiger partial charge in [0.2, 0.25) is 11.8 Å². The van der Waals surface area contributed by atoms with Crippen molar-refractivity contribution in [2.24, 2.45) is 11.7 Å². The number of hydrogen-bond acceptors (Lipinski definition) is 4. The number of carbonyl (C=O) groups excluding carboxylic acids is 2. The van der Waals surface area contributed by atoms with Crippen molar-refractivity contribution in [2.45, 2.75) is 38.6 Å². The van der Waals surface area contributed by atoms with Crippen molar-refractivity contribution in [3.8, 4) is 0 Å². The van der Waals surface area contributed by atoms with Crippen LogP contribution in [-0.2, 0) is 14.3 Å². The molecular formula is C14H27N3O3. The third-order valence-corrected chi connectivity index (χ3v) is 3.69. The van der Waals surface area contributed by atoms with Gasteiger partial charge in [-0.15, -0.1) is 0 Å². The monoisotopic (exact) mass is 285 g/mol. The Bertz CT molecular complexity index is 323. The van der Waals surface area contributed by atoms with Gasteiger partial charge >= 0.3 is 0 Å². The lowest BCUT2D eigenvalue weighted by molar-refractivity contribution is -0.129. The molecule has 20 heavy (non-hydrogen) atoms. The molecule has 2 amide bonds. The van der Waals surface area contributed by atoms with Crippen LogP contribution < -0.4 is 11.1 Å². The van der Waals surface area contributed by atoms with Crippen molar-refractivity contribution in [2.75, 3.05) is 33.4 Å². The Labute approximate surface area is 121 Å². The fourth-order valence-corrected chi connectivity index (χ4v) is 2.38. The molecule has 0 saturated carbocycles. The summed E-state index contributed by atoms with van der Waals surface area (Å²) in [6.45, 7) is 4.09. The van der Waals surface area contributed by atoms with Crippen LogP contribution in [0.5, 0.6) is 0 Å². The van der Waals surface area contributed by atoms with Gasteiger partial charge in [-0.2, -0.15) is 0 Å². The molecule has 0 aromatic rings. The largest absolute Gasteiger partial charge is 0.383 e. The molecule has 0 radical (unpaired) electrons. The van der Waals surface area contributed by atoms with Crippen molar-refractivity contribution in [3.05, 3.63) is 0 Å². The molecule has 2 atom stereocenters. The average molecular weight is 285 g/mol. The Morgan fingerprint density at radius 1 is 1.60 bits per heavy atom. The Kier molecular flexibility index (Phi) is 7.54. The number of unbranched alkanes of at least 4 members (excludes halogenated alkanes) is 1. The fraction of sp³-hybridized carbons (Fsp3) is 0.857. The van der Waals surface area contributed by atoms with Crippen LogP contribution >= 0.6 is 0 Å². The summed E-state index contributed by atoms with van der Waals surface area (Å²) in [6, 6.07) is 0.0191. The SMILES string of the molecule is CCCCC(CN)NC(=O)C1CC(=O)N(CCOC)C1. The van der Waals surface area contributed by atoms with E-state index in [1.807, 2.05) is 0 Å². The predicted octanol–water partition coefficient (Wildman–Crippen LogP) is 0.115. The van der Waals surface area contributed by atoms with Gasteiger partial charge in [0.05, 0.1) is 12.5 Å². The minimum Gasteiger partial charge on any atom is -0.383 e.